The second-order valence-corrected chi connectivity index (χ2v) is 5.59. The van der Waals surface area contributed by atoms with Crippen molar-refractivity contribution in [3.63, 3.8) is 0 Å². The summed E-state index contributed by atoms with van der Waals surface area (Å²) in [4.78, 5) is -0.581. The van der Waals surface area contributed by atoms with Gasteiger partial charge in [0.2, 0.25) is 0 Å². The molecule has 0 bridgehead atoms. The SMILES string of the molecule is COc1cc(O)c(S(=O)(=O)Cl)c(OC)c1Cl. The van der Waals surface area contributed by atoms with Gasteiger partial charge in [0.15, 0.2) is 10.6 Å². The fourth-order valence-corrected chi connectivity index (χ4v) is 2.67. The second-order valence-electron chi connectivity index (χ2n) is 2.71. The van der Waals surface area contributed by atoms with Crippen LogP contribution in [0.1, 0.15) is 0 Å². The van der Waals surface area contributed by atoms with E-state index in [1.165, 1.54) is 14.2 Å². The molecule has 0 aliphatic heterocycles. The minimum absolute atomic E-state index is 0.0815. The molecule has 0 spiro atoms. The zero-order valence-electron chi connectivity index (χ0n) is 8.32. The molecule has 1 aromatic carbocycles. The highest BCUT2D eigenvalue weighted by Crippen LogP contribution is 2.45. The van der Waals surface area contributed by atoms with Gasteiger partial charge in [0.05, 0.1) is 14.2 Å². The fourth-order valence-electron chi connectivity index (χ4n) is 1.15. The van der Waals surface area contributed by atoms with Crippen LogP contribution in [0.2, 0.25) is 5.02 Å². The third-order valence-corrected chi connectivity index (χ3v) is 3.49. The lowest BCUT2D eigenvalue weighted by Crippen LogP contribution is -1.99. The molecule has 1 rings (SSSR count). The van der Waals surface area contributed by atoms with Crippen molar-refractivity contribution in [1.82, 2.24) is 0 Å². The lowest BCUT2D eigenvalue weighted by molar-refractivity contribution is 0.372. The van der Waals surface area contributed by atoms with Crippen molar-refractivity contribution in [2.45, 2.75) is 4.90 Å². The largest absolute Gasteiger partial charge is 0.506 e. The predicted octanol–water partition coefficient (Wildman–Crippen LogP) is 1.99. The Morgan fingerprint density at radius 1 is 1.31 bits per heavy atom. The van der Waals surface area contributed by atoms with E-state index >= 15 is 0 Å². The molecule has 1 N–H and O–H groups in total. The van der Waals surface area contributed by atoms with Gasteiger partial charge in [-0.15, -0.1) is 0 Å². The first-order valence-electron chi connectivity index (χ1n) is 3.91. The van der Waals surface area contributed by atoms with Gasteiger partial charge in [0.25, 0.3) is 9.05 Å². The molecule has 1 aromatic rings. The van der Waals surface area contributed by atoms with Crippen LogP contribution in [0, 0.1) is 0 Å². The van der Waals surface area contributed by atoms with E-state index in [9.17, 15) is 13.5 Å². The Balaban J connectivity index is 3.69. The number of phenols is 1. The number of hydrogen-bond donors (Lipinski definition) is 1. The van der Waals surface area contributed by atoms with Crippen LogP contribution in [0.25, 0.3) is 0 Å². The topological polar surface area (TPSA) is 72.8 Å². The average molecular weight is 287 g/mol. The van der Waals surface area contributed by atoms with Gasteiger partial charge in [0, 0.05) is 16.7 Å². The summed E-state index contributed by atoms with van der Waals surface area (Å²) in [6.07, 6.45) is 0. The van der Waals surface area contributed by atoms with Crippen molar-refractivity contribution in [3.8, 4) is 17.2 Å². The molecule has 0 unspecified atom stereocenters. The molecule has 0 amide bonds. The van der Waals surface area contributed by atoms with E-state index in [1.54, 1.807) is 0 Å². The number of hydrogen-bond acceptors (Lipinski definition) is 5. The Labute approximate surface area is 102 Å². The first kappa shape index (κ1) is 13.2. The van der Waals surface area contributed by atoms with Crippen LogP contribution in [0.3, 0.4) is 0 Å². The van der Waals surface area contributed by atoms with E-state index in [2.05, 4.69) is 0 Å². The van der Waals surface area contributed by atoms with Crippen molar-refractivity contribution in [1.29, 1.82) is 0 Å². The molecule has 0 saturated carbocycles. The minimum atomic E-state index is -4.17. The molecule has 0 saturated heterocycles. The molecule has 0 aromatic heterocycles. The average Bonchev–Trinajstić information content (AvgIpc) is 2.18. The number of halogens is 2. The Hall–Kier alpha value is -0.850. The monoisotopic (exact) mass is 286 g/mol. The van der Waals surface area contributed by atoms with Gasteiger partial charge in [-0.1, -0.05) is 11.6 Å². The first-order chi connectivity index (χ1) is 7.32. The van der Waals surface area contributed by atoms with Gasteiger partial charge < -0.3 is 14.6 Å². The van der Waals surface area contributed by atoms with Crippen LogP contribution in [-0.2, 0) is 9.05 Å². The number of methoxy groups -OCH3 is 2. The van der Waals surface area contributed by atoms with Gasteiger partial charge in [-0.25, -0.2) is 8.42 Å². The number of aromatic hydroxyl groups is 1. The van der Waals surface area contributed by atoms with Gasteiger partial charge in [-0.2, -0.15) is 0 Å². The maximum absolute atomic E-state index is 11.2. The molecule has 5 nitrogen and oxygen atoms in total. The number of ether oxygens (including phenoxy) is 2. The Morgan fingerprint density at radius 2 is 1.88 bits per heavy atom. The van der Waals surface area contributed by atoms with Gasteiger partial charge >= 0.3 is 0 Å². The van der Waals surface area contributed by atoms with Gasteiger partial charge in [0.1, 0.15) is 16.5 Å². The number of phenolic OH excluding ortho intramolecular Hbond substituents is 1. The summed E-state index contributed by atoms with van der Waals surface area (Å²) in [5.74, 6) is -0.762. The van der Waals surface area contributed by atoms with E-state index in [0.29, 0.717) is 0 Å². The quantitative estimate of drug-likeness (QED) is 0.861. The maximum atomic E-state index is 11.2. The summed E-state index contributed by atoms with van der Waals surface area (Å²) in [6, 6.07) is 1.04. The molecule has 90 valence electrons. The molecule has 0 aliphatic rings. The van der Waals surface area contributed by atoms with E-state index < -0.39 is 19.7 Å². The number of rotatable bonds is 3. The maximum Gasteiger partial charge on any atom is 0.268 e. The van der Waals surface area contributed by atoms with Crippen molar-refractivity contribution >= 4 is 31.3 Å². The zero-order chi connectivity index (χ0) is 12.5. The zero-order valence-corrected chi connectivity index (χ0v) is 10.7. The highest BCUT2D eigenvalue weighted by atomic mass is 35.7. The van der Waals surface area contributed by atoms with Crippen LogP contribution in [0.4, 0.5) is 0 Å². The van der Waals surface area contributed by atoms with E-state index in [0.717, 1.165) is 6.07 Å². The number of benzene rings is 1. The lowest BCUT2D eigenvalue weighted by Gasteiger charge is -2.12. The highest BCUT2D eigenvalue weighted by molar-refractivity contribution is 8.14. The van der Waals surface area contributed by atoms with Crippen LogP contribution < -0.4 is 9.47 Å². The molecule has 0 fully saturated rings. The summed E-state index contributed by atoms with van der Waals surface area (Å²) in [6.45, 7) is 0. The summed E-state index contributed by atoms with van der Waals surface area (Å²) < 4.78 is 32.0. The van der Waals surface area contributed by atoms with Gasteiger partial charge in [-0.05, 0) is 0 Å². The van der Waals surface area contributed by atoms with E-state index in [-0.39, 0.29) is 16.5 Å². The van der Waals surface area contributed by atoms with Crippen molar-refractivity contribution in [3.05, 3.63) is 11.1 Å². The van der Waals surface area contributed by atoms with Crippen molar-refractivity contribution < 1.29 is 23.0 Å². The van der Waals surface area contributed by atoms with Crippen LogP contribution in [-0.4, -0.2) is 27.7 Å². The normalized spacial score (nSPS) is 11.2. The smallest absolute Gasteiger partial charge is 0.268 e. The lowest BCUT2D eigenvalue weighted by atomic mass is 10.3. The Morgan fingerprint density at radius 3 is 2.25 bits per heavy atom. The summed E-state index contributed by atoms with van der Waals surface area (Å²) in [5.41, 5.74) is 0. The van der Waals surface area contributed by atoms with E-state index in [4.69, 9.17) is 31.8 Å². The third-order valence-electron chi connectivity index (χ3n) is 1.79. The molecular weight excluding hydrogens is 279 g/mol. The minimum Gasteiger partial charge on any atom is -0.506 e. The second kappa shape index (κ2) is 4.57. The molecule has 0 heterocycles. The van der Waals surface area contributed by atoms with Crippen LogP contribution in [0.15, 0.2) is 11.0 Å². The highest BCUT2D eigenvalue weighted by Gasteiger charge is 2.27. The van der Waals surface area contributed by atoms with Crippen molar-refractivity contribution in [2.75, 3.05) is 14.2 Å². The molecular formula is C8H8Cl2O5S. The van der Waals surface area contributed by atoms with Crippen LogP contribution in [0.5, 0.6) is 17.2 Å². The molecule has 16 heavy (non-hydrogen) atoms. The standard InChI is InChI=1S/C8H8Cl2O5S/c1-14-5-3-4(11)8(16(10,12)13)7(15-2)6(5)9/h3,11H,1-2H3. The molecule has 0 radical (unpaired) electrons. The van der Waals surface area contributed by atoms with Crippen molar-refractivity contribution in [2.24, 2.45) is 0 Å². The van der Waals surface area contributed by atoms with Gasteiger partial charge in [-0.3, -0.25) is 0 Å². The summed E-state index contributed by atoms with van der Waals surface area (Å²) in [5, 5.41) is 9.43. The molecule has 8 heteroatoms. The van der Waals surface area contributed by atoms with E-state index in [1.807, 2.05) is 0 Å². The Bertz CT molecular complexity index is 512. The summed E-state index contributed by atoms with van der Waals surface area (Å²) in [7, 11) is 3.50. The fraction of sp³-hybridized carbons (Fsp3) is 0.250. The molecule has 0 atom stereocenters. The third kappa shape index (κ3) is 2.28. The van der Waals surface area contributed by atoms with Crippen LogP contribution >= 0.6 is 22.3 Å². The first-order valence-corrected chi connectivity index (χ1v) is 6.59. The molecule has 0 aliphatic carbocycles. The Kier molecular flexibility index (Phi) is 3.77. The summed E-state index contributed by atoms with van der Waals surface area (Å²) >= 11 is 5.81. The predicted molar refractivity (Wildman–Crippen MR) is 59.3 cm³/mol.